The molecule has 420 valence electrons. The van der Waals surface area contributed by atoms with Gasteiger partial charge in [0.15, 0.2) is 8.07 Å². The third kappa shape index (κ3) is 9.99. The number of pyridine rings is 1. The first kappa shape index (κ1) is 55.9. The van der Waals surface area contributed by atoms with Crippen LogP contribution in [0.1, 0.15) is 26.3 Å². The molecule has 3 aromatic heterocycles. The van der Waals surface area contributed by atoms with Crippen LogP contribution in [-0.4, -0.2) is 30.3 Å². The van der Waals surface area contributed by atoms with Crippen LogP contribution in [-0.2, 0) is 26.5 Å². The molecule has 0 aliphatic carbocycles. The minimum Gasteiger partial charge on any atom is -0.510 e. The van der Waals surface area contributed by atoms with Crippen molar-refractivity contribution in [2.24, 2.45) is 0 Å². The van der Waals surface area contributed by atoms with Crippen molar-refractivity contribution in [3.8, 4) is 50.9 Å². The van der Waals surface area contributed by atoms with Crippen LogP contribution in [0.25, 0.3) is 72.3 Å². The number of hydrogen-bond acceptors (Lipinski definition) is 2. The van der Waals surface area contributed by atoms with E-state index in [1.807, 2.05) is 24.4 Å². The van der Waals surface area contributed by atoms with E-state index < -0.39 is 16.1 Å². The second-order valence-electron chi connectivity index (χ2n) is 23.6. The number of nitrogens with zero attached hydrogens (tertiary/aromatic N) is 4. The maximum absolute atomic E-state index is 6.80. The van der Waals surface area contributed by atoms with Crippen LogP contribution in [0.2, 0.25) is 13.1 Å². The molecule has 0 unspecified atom stereocenters. The van der Waals surface area contributed by atoms with Crippen molar-refractivity contribution in [1.29, 1.82) is 0 Å². The molecule has 8 heteroatoms. The van der Waals surface area contributed by atoms with E-state index in [0.717, 1.165) is 72.3 Å². The molecule has 0 N–H and O–H groups in total. The Morgan fingerprint density at radius 2 is 0.977 bits per heavy atom. The minimum absolute atomic E-state index is 0. The summed E-state index contributed by atoms with van der Waals surface area (Å²) in [6.45, 7) is 11.6. The molecule has 0 bridgehead atoms. The average Bonchev–Trinajstić information content (AvgIpc) is 1.27. The summed E-state index contributed by atoms with van der Waals surface area (Å²) in [5.41, 5.74) is 11.4. The Labute approximate surface area is 520 Å². The van der Waals surface area contributed by atoms with Crippen LogP contribution in [0.4, 0.5) is 0 Å². The van der Waals surface area contributed by atoms with Gasteiger partial charge in [-0.2, -0.15) is 18.2 Å². The standard InChI is InChI=1S/C78H62N4OSi2.Pt/c1-78(2,3)58-48-49-79-76(52-58)82-72-43-19-18-40-70(72)71-47-46-61(54-75(71)82)83-60-29-24-28-59(53-60)80-55-81(74-45-21-20-44-73(74)80)77-68(56-26-22-38-66(50-56)84(4,5)62-30-10-6-11-31-62)41-25-42-69(77)57-27-23-39-67(51-57)85(63-32-12-7-13-33-63,64-34-14-8-15-35-64)65-36-16-9-17-37-65;/h6-52H,1-5H3;/q-2;. The van der Waals surface area contributed by atoms with E-state index in [0.29, 0.717) is 11.5 Å². The van der Waals surface area contributed by atoms with Crippen molar-refractivity contribution >= 4 is 80.1 Å². The molecule has 86 heavy (non-hydrogen) atoms. The van der Waals surface area contributed by atoms with Gasteiger partial charge < -0.3 is 13.9 Å². The summed E-state index contributed by atoms with van der Waals surface area (Å²) >= 11 is 0. The monoisotopic (exact) mass is 1320 g/mol. The zero-order valence-electron chi connectivity index (χ0n) is 48.6. The van der Waals surface area contributed by atoms with Crippen LogP contribution in [0.15, 0.2) is 285 Å². The Kier molecular flexibility index (Phi) is 14.9. The summed E-state index contributed by atoms with van der Waals surface area (Å²) in [5, 5.41) is 10.3. The fourth-order valence-electron chi connectivity index (χ4n) is 12.7. The van der Waals surface area contributed by atoms with Gasteiger partial charge in [0, 0.05) is 44.3 Å². The van der Waals surface area contributed by atoms with Crippen molar-refractivity contribution < 1.29 is 30.4 Å². The summed E-state index contributed by atoms with van der Waals surface area (Å²) in [5.74, 6) is 1.98. The molecule has 0 amide bonds. The van der Waals surface area contributed by atoms with Gasteiger partial charge in [-0.15, -0.1) is 29.7 Å². The average molecular weight is 1320 g/mol. The van der Waals surface area contributed by atoms with Crippen molar-refractivity contribution in [3.63, 3.8) is 0 Å². The number of aromatic nitrogens is 4. The molecule has 5 nitrogen and oxygen atoms in total. The Morgan fingerprint density at radius 3 is 1.62 bits per heavy atom. The van der Waals surface area contributed by atoms with E-state index in [4.69, 9.17) is 9.72 Å². The second-order valence-corrected chi connectivity index (χ2v) is 31.8. The van der Waals surface area contributed by atoms with E-state index in [1.165, 1.54) is 36.7 Å². The van der Waals surface area contributed by atoms with Crippen molar-refractivity contribution in [2.45, 2.75) is 39.3 Å². The Balaban J connectivity index is 0.00000686. The van der Waals surface area contributed by atoms with Gasteiger partial charge in [-0.1, -0.05) is 280 Å². The molecular formula is C78H62N4OPtSi2-2. The first-order chi connectivity index (χ1) is 41.5. The molecule has 3 heterocycles. The van der Waals surface area contributed by atoms with Gasteiger partial charge in [-0.05, 0) is 83.3 Å². The molecule has 0 spiro atoms. The van der Waals surface area contributed by atoms with Gasteiger partial charge in [0.1, 0.15) is 13.9 Å². The number of rotatable bonds is 13. The SMILES string of the molecule is CC(C)(C)c1ccnc(-n2c3[c-]c(Oc4[c-]c(-n5[c-][n+](-c6c(-c7cccc([Si](C)(C)c8ccccc8)c7)cccc6-c6cccc([Si](c7ccccc7)(c7ccccc7)c7ccccc7)c6)c6ccccc65)ccc4)ccc3c3ccccc32)c1.[Pt]. The van der Waals surface area contributed by atoms with Gasteiger partial charge in [0.25, 0.3) is 6.33 Å². The predicted molar refractivity (Wildman–Crippen MR) is 356 cm³/mol. The van der Waals surface area contributed by atoms with Gasteiger partial charge in [-0.3, -0.25) is 4.57 Å². The summed E-state index contributed by atoms with van der Waals surface area (Å²) in [6.07, 6.45) is 5.86. The normalized spacial score (nSPS) is 11.9. The van der Waals surface area contributed by atoms with Crippen LogP contribution >= 0.6 is 0 Å². The van der Waals surface area contributed by atoms with Gasteiger partial charge in [-0.25, -0.2) is 4.98 Å². The van der Waals surface area contributed by atoms with E-state index in [1.54, 1.807) is 0 Å². The Morgan fingerprint density at radius 1 is 0.453 bits per heavy atom. The number of ether oxygens (including phenoxy) is 1. The maximum Gasteiger partial charge on any atom is 0.268 e. The number of para-hydroxylation sites is 4. The van der Waals surface area contributed by atoms with Crippen LogP contribution < -0.4 is 40.4 Å². The number of fused-ring (bicyclic) bond motifs is 4. The van der Waals surface area contributed by atoms with Crippen molar-refractivity contribution in [3.05, 3.63) is 309 Å². The Bertz CT molecular complexity index is 4670. The quantitative estimate of drug-likeness (QED) is 0.0499. The molecule has 0 fully saturated rings. The number of imidazole rings is 1. The Hall–Kier alpha value is -9.24. The summed E-state index contributed by atoms with van der Waals surface area (Å²) < 4.78 is 13.4. The fraction of sp³-hybridized carbons (Fsp3) is 0.0769. The van der Waals surface area contributed by atoms with Crippen LogP contribution in [0.5, 0.6) is 11.5 Å². The molecule has 0 saturated heterocycles. The fourth-order valence-corrected chi connectivity index (χ4v) is 19.8. The van der Waals surface area contributed by atoms with E-state index in [2.05, 4.69) is 327 Å². The van der Waals surface area contributed by atoms with Gasteiger partial charge in [0.05, 0.1) is 16.7 Å². The summed E-state index contributed by atoms with van der Waals surface area (Å²) in [4.78, 5) is 4.91. The summed E-state index contributed by atoms with van der Waals surface area (Å²) in [6, 6.07) is 109. The third-order valence-corrected chi connectivity index (χ3v) is 25.4. The molecular weight excluding hydrogens is 1260 g/mol. The van der Waals surface area contributed by atoms with Crippen LogP contribution in [0, 0.1) is 18.5 Å². The zero-order chi connectivity index (χ0) is 57.7. The maximum atomic E-state index is 6.80. The van der Waals surface area contributed by atoms with Crippen molar-refractivity contribution in [2.75, 3.05) is 0 Å². The van der Waals surface area contributed by atoms with E-state index in [-0.39, 0.29) is 26.5 Å². The van der Waals surface area contributed by atoms with E-state index in [9.17, 15) is 0 Å². The molecule has 0 atom stereocenters. The second kappa shape index (κ2) is 23.0. The smallest absolute Gasteiger partial charge is 0.268 e. The first-order valence-electron chi connectivity index (χ1n) is 29.2. The van der Waals surface area contributed by atoms with Crippen molar-refractivity contribution in [1.82, 2.24) is 14.1 Å². The number of benzene rings is 11. The molecule has 14 rings (SSSR count). The van der Waals surface area contributed by atoms with Crippen LogP contribution in [0.3, 0.4) is 0 Å². The molecule has 0 radical (unpaired) electrons. The summed E-state index contributed by atoms with van der Waals surface area (Å²) in [7, 11) is -5.02. The largest absolute Gasteiger partial charge is 0.510 e. The third-order valence-electron chi connectivity index (χ3n) is 17.1. The number of hydrogen-bond donors (Lipinski definition) is 0. The molecule has 0 saturated carbocycles. The topological polar surface area (TPSA) is 35.9 Å². The molecule has 11 aromatic carbocycles. The zero-order valence-corrected chi connectivity index (χ0v) is 52.9. The van der Waals surface area contributed by atoms with E-state index >= 15 is 0 Å². The minimum atomic E-state index is -2.90. The molecule has 14 aromatic rings. The first-order valence-corrected chi connectivity index (χ1v) is 34.2. The van der Waals surface area contributed by atoms with Gasteiger partial charge >= 0.3 is 0 Å². The molecule has 0 aliphatic heterocycles. The van der Waals surface area contributed by atoms with Gasteiger partial charge in [0.2, 0.25) is 0 Å². The predicted octanol–water partition coefficient (Wildman–Crippen LogP) is 14.4. The molecule has 0 aliphatic rings.